The van der Waals surface area contributed by atoms with Crippen molar-refractivity contribution in [3.05, 3.63) is 76.6 Å². The van der Waals surface area contributed by atoms with E-state index in [1.54, 1.807) is 13.0 Å². The summed E-state index contributed by atoms with van der Waals surface area (Å²) in [6, 6.07) is 11.8. The summed E-state index contributed by atoms with van der Waals surface area (Å²) in [5.74, 6) is 0.181. The van der Waals surface area contributed by atoms with Gasteiger partial charge < -0.3 is 4.52 Å². The van der Waals surface area contributed by atoms with Gasteiger partial charge in [-0.25, -0.2) is 8.42 Å². The summed E-state index contributed by atoms with van der Waals surface area (Å²) in [5, 5.41) is 3.17. The molecule has 0 N–H and O–H groups in total. The summed E-state index contributed by atoms with van der Waals surface area (Å²) >= 11 is 5.66. The van der Waals surface area contributed by atoms with Gasteiger partial charge in [0, 0.05) is 6.07 Å². The first kappa shape index (κ1) is 20.2. The topological polar surface area (TPSA) is 63.4 Å². The van der Waals surface area contributed by atoms with E-state index in [9.17, 15) is 21.6 Å². The molecule has 3 rings (SSSR count). The highest BCUT2D eigenvalue weighted by Crippen LogP contribution is 2.38. The minimum absolute atomic E-state index is 0.0743. The standard InChI is InChI=1S/C18H14ClF3N2O3S/c1-12-9-14(27-23-12)11-24(28(25,26)15-5-3-2-4-6-15)13-7-8-17(19)16(10-13)18(20,21)22/h2-10H,11H2,1H3. The molecular weight excluding hydrogens is 417 g/mol. The van der Waals surface area contributed by atoms with Crippen LogP contribution in [0, 0.1) is 6.92 Å². The molecule has 3 aromatic rings. The number of hydrogen-bond donors (Lipinski definition) is 0. The lowest BCUT2D eigenvalue weighted by Gasteiger charge is -2.24. The lowest BCUT2D eigenvalue weighted by molar-refractivity contribution is -0.137. The third-order valence-corrected chi connectivity index (χ3v) is 5.97. The predicted octanol–water partition coefficient (Wildman–Crippen LogP) is 5.05. The Hall–Kier alpha value is -2.52. The predicted molar refractivity (Wildman–Crippen MR) is 97.5 cm³/mol. The van der Waals surface area contributed by atoms with Crippen LogP contribution in [0.5, 0.6) is 0 Å². The monoisotopic (exact) mass is 430 g/mol. The number of rotatable bonds is 5. The smallest absolute Gasteiger partial charge is 0.359 e. The van der Waals surface area contributed by atoms with E-state index in [0.29, 0.717) is 11.8 Å². The first-order valence-electron chi connectivity index (χ1n) is 7.96. The summed E-state index contributed by atoms with van der Waals surface area (Å²) < 4.78 is 72.0. The van der Waals surface area contributed by atoms with Crippen LogP contribution in [-0.4, -0.2) is 13.6 Å². The summed E-state index contributed by atoms with van der Waals surface area (Å²) in [6.45, 7) is 1.31. The van der Waals surface area contributed by atoms with Crippen molar-refractivity contribution in [1.29, 1.82) is 0 Å². The van der Waals surface area contributed by atoms with Crippen LogP contribution >= 0.6 is 11.6 Å². The van der Waals surface area contributed by atoms with E-state index in [0.717, 1.165) is 10.4 Å². The van der Waals surface area contributed by atoms with Gasteiger partial charge in [0.05, 0.1) is 33.4 Å². The summed E-state index contributed by atoms with van der Waals surface area (Å²) in [5.41, 5.74) is -0.817. The number of anilines is 1. The zero-order valence-corrected chi connectivity index (χ0v) is 16.0. The molecule has 0 saturated heterocycles. The SMILES string of the molecule is Cc1cc(CN(c2ccc(Cl)c(C(F)(F)F)c2)S(=O)(=O)c2ccccc2)on1. The third-order valence-electron chi connectivity index (χ3n) is 3.85. The Morgan fingerprint density at radius 3 is 2.36 bits per heavy atom. The Balaban J connectivity index is 2.14. The van der Waals surface area contributed by atoms with E-state index in [-0.39, 0.29) is 22.9 Å². The molecule has 28 heavy (non-hydrogen) atoms. The fourth-order valence-corrected chi connectivity index (χ4v) is 4.22. The first-order chi connectivity index (χ1) is 13.1. The summed E-state index contributed by atoms with van der Waals surface area (Å²) in [4.78, 5) is -0.0743. The van der Waals surface area contributed by atoms with Gasteiger partial charge in [-0.15, -0.1) is 0 Å². The highest BCUT2D eigenvalue weighted by Gasteiger charge is 2.35. The van der Waals surface area contributed by atoms with Crippen LogP contribution in [-0.2, 0) is 22.7 Å². The maximum Gasteiger partial charge on any atom is 0.417 e. The summed E-state index contributed by atoms with van der Waals surface area (Å²) in [7, 11) is -4.18. The van der Waals surface area contributed by atoms with E-state index in [4.69, 9.17) is 16.1 Å². The van der Waals surface area contributed by atoms with Gasteiger partial charge in [0.2, 0.25) is 0 Å². The van der Waals surface area contributed by atoms with Gasteiger partial charge in [0.15, 0.2) is 5.76 Å². The molecule has 0 amide bonds. The maximum atomic E-state index is 13.3. The zero-order chi connectivity index (χ0) is 20.5. The minimum Gasteiger partial charge on any atom is -0.359 e. The molecule has 0 saturated carbocycles. The molecule has 0 unspecified atom stereocenters. The van der Waals surface area contributed by atoms with Gasteiger partial charge in [-0.2, -0.15) is 13.2 Å². The average molecular weight is 431 g/mol. The van der Waals surface area contributed by atoms with Crippen LogP contribution < -0.4 is 4.31 Å². The first-order valence-corrected chi connectivity index (χ1v) is 9.77. The molecule has 0 aliphatic rings. The number of benzene rings is 2. The fraction of sp³-hybridized carbons (Fsp3) is 0.167. The number of halogens is 4. The molecule has 10 heteroatoms. The Morgan fingerprint density at radius 1 is 1.11 bits per heavy atom. The molecule has 0 fully saturated rings. The van der Waals surface area contributed by atoms with Crippen molar-refractivity contribution >= 4 is 27.3 Å². The number of sulfonamides is 1. The molecule has 2 aromatic carbocycles. The molecule has 0 atom stereocenters. The lowest BCUT2D eigenvalue weighted by Crippen LogP contribution is -2.30. The Bertz CT molecular complexity index is 1080. The quantitative estimate of drug-likeness (QED) is 0.568. The van der Waals surface area contributed by atoms with Crippen LogP contribution in [0.1, 0.15) is 17.0 Å². The van der Waals surface area contributed by atoms with E-state index >= 15 is 0 Å². The molecule has 148 valence electrons. The van der Waals surface area contributed by atoms with Crippen molar-refractivity contribution in [2.75, 3.05) is 4.31 Å². The largest absolute Gasteiger partial charge is 0.417 e. The fourth-order valence-electron chi connectivity index (χ4n) is 2.55. The van der Waals surface area contributed by atoms with Gasteiger partial charge in [-0.05, 0) is 37.3 Å². The van der Waals surface area contributed by atoms with Gasteiger partial charge in [-0.3, -0.25) is 4.31 Å². The summed E-state index contributed by atoms with van der Waals surface area (Å²) in [6.07, 6.45) is -4.74. The molecule has 1 aromatic heterocycles. The Morgan fingerprint density at radius 2 is 1.79 bits per heavy atom. The maximum absolute atomic E-state index is 13.3. The second-order valence-electron chi connectivity index (χ2n) is 5.92. The highest BCUT2D eigenvalue weighted by molar-refractivity contribution is 7.92. The van der Waals surface area contributed by atoms with Gasteiger partial charge in [0.25, 0.3) is 10.0 Å². The molecule has 0 aliphatic carbocycles. The van der Waals surface area contributed by atoms with E-state index in [2.05, 4.69) is 5.16 Å². The number of hydrogen-bond acceptors (Lipinski definition) is 4. The van der Waals surface area contributed by atoms with Crippen molar-refractivity contribution < 1.29 is 26.1 Å². The number of alkyl halides is 3. The third kappa shape index (κ3) is 4.15. The minimum atomic E-state index is -4.74. The molecule has 0 radical (unpaired) electrons. The Labute approximate surface area is 164 Å². The molecule has 0 aliphatic heterocycles. The van der Waals surface area contributed by atoms with Crippen molar-refractivity contribution in [1.82, 2.24) is 5.16 Å². The average Bonchev–Trinajstić information content (AvgIpc) is 3.05. The van der Waals surface area contributed by atoms with Crippen molar-refractivity contribution in [3.8, 4) is 0 Å². The van der Waals surface area contributed by atoms with Crippen LogP contribution in [0.25, 0.3) is 0 Å². The lowest BCUT2D eigenvalue weighted by atomic mass is 10.2. The highest BCUT2D eigenvalue weighted by atomic mass is 35.5. The van der Waals surface area contributed by atoms with E-state index in [1.165, 1.54) is 36.4 Å². The normalized spacial score (nSPS) is 12.2. The second kappa shape index (κ2) is 7.48. The molecular formula is C18H14ClF3N2O3S. The molecule has 0 spiro atoms. The number of aryl methyl sites for hydroxylation is 1. The number of aromatic nitrogens is 1. The van der Waals surface area contributed by atoms with Crippen LogP contribution in [0.4, 0.5) is 18.9 Å². The second-order valence-corrected chi connectivity index (χ2v) is 8.19. The molecule has 5 nitrogen and oxygen atoms in total. The zero-order valence-electron chi connectivity index (χ0n) is 14.4. The van der Waals surface area contributed by atoms with Crippen molar-refractivity contribution in [3.63, 3.8) is 0 Å². The van der Waals surface area contributed by atoms with Crippen LogP contribution in [0.15, 0.2) is 64.0 Å². The Kier molecular flexibility index (Phi) is 5.40. The van der Waals surface area contributed by atoms with Crippen molar-refractivity contribution in [2.45, 2.75) is 24.5 Å². The van der Waals surface area contributed by atoms with E-state index in [1.807, 2.05) is 0 Å². The van der Waals surface area contributed by atoms with Crippen molar-refractivity contribution in [2.24, 2.45) is 0 Å². The van der Waals surface area contributed by atoms with Crippen LogP contribution in [0.3, 0.4) is 0 Å². The van der Waals surface area contributed by atoms with Gasteiger partial charge in [0.1, 0.15) is 0 Å². The molecule has 0 bridgehead atoms. The van der Waals surface area contributed by atoms with Gasteiger partial charge in [-0.1, -0.05) is 35.0 Å². The van der Waals surface area contributed by atoms with Gasteiger partial charge >= 0.3 is 6.18 Å². The van der Waals surface area contributed by atoms with E-state index < -0.39 is 26.8 Å². The van der Waals surface area contributed by atoms with Crippen LogP contribution in [0.2, 0.25) is 5.02 Å². The molecule has 1 heterocycles. The number of nitrogens with zero attached hydrogens (tertiary/aromatic N) is 2.